The number of rotatable bonds is 1. The molecule has 1 N–H and O–H groups in total. The van der Waals surface area contributed by atoms with Crippen LogP contribution >= 0.6 is 15.9 Å². The quantitative estimate of drug-likeness (QED) is 0.824. The van der Waals surface area contributed by atoms with Gasteiger partial charge in [0.25, 0.3) is 0 Å². The van der Waals surface area contributed by atoms with Crippen molar-refractivity contribution in [2.75, 3.05) is 23.4 Å². The summed E-state index contributed by atoms with van der Waals surface area (Å²) in [6.45, 7) is 5.78. The highest BCUT2D eigenvalue weighted by Gasteiger charge is 2.36. The minimum Gasteiger partial charge on any atom is -0.446 e. The molecule has 1 atom stereocenters. The van der Waals surface area contributed by atoms with E-state index in [1.807, 2.05) is 6.92 Å². The summed E-state index contributed by atoms with van der Waals surface area (Å²) in [5, 5.41) is 2.60. The van der Waals surface area contributed by atoms with Gasteiger partial charge in [-0.05, 0) is 42.8 Å². The molecule has 0 radical (unpaired) electrons. The second kappa shape index (κ2) is 6.51. The highest BCUT2D eigenvalue weighted by molar-refractivity contribution is 9.10. The Balaban J connectivity index is 2.46. The van der Waals surface area contributed by atoms with E-state index in [1.54, 1.807) is 38.1 Å². The van der Waals surface area contributed by atoms with E-state index in [2.05, 4.69) is 26.2 Å². The summed E-state index contributed by atoms with van der Waals surface area (Å²) in [5.74, 6) is 0.432. The van der Waals surface area contributed by atoms with E-state index in [9.17, 15) is 9.59 Å². The molecule has 2 rings (SSSR count). The van der Waals surface area contributed by atoms with Crippen molar-refractivity contribution in [1.82, 2.24) is 10.3 Å². The monoisotopic (exact) mass is 370 g/mol. The molecule has 1 aromatic rings. The number of urea groups is 1. The summed E-state index contributed by atoms with van der Waals surface area (Å²) in [4.78, 5) is 31.8. The first-order valence-electron chi connectivity index (χ1n) is 6.99. The first-order valence-corrected chi connectivity index (χ1v) is 7.79. The number of carbonyl (C=O) groups excluding carboxylic acids is 2. The standard InChI is InChI=1S/C14H19BrN4O3/c1-8(2)22-14(21)18-7-9(3)19(13(20)16-4)12-11(18)5-10(15)6-17-12/h5-6,8-9H,7H2,1-4H3,(H,16,20). The van der Waals surface area contributed by atoms with Crippen LogP contribution in [0.2, 0.25) is 0 Å². The molecule has 0 saturated heterocycles. The third kappa shape index (κ3) is 3.16. The molecule has 8 heteroatoms. The van der Waals surface area contributed by atoms with Crippen LogP contribution in [-0.4, -0.2) is 42.8 Å². The molecule has 0 fully saturated rings. The van der Waals surface area contributed by atoms with Crippen LogP contribution in [0.4, 0.5) is 21.1 Å². The Morgan fingerprint density at radius 2 is 2.18 bits per heavy atom. The molecule has 1 unspecified atom stereocenters. The summed E-state index contributed by atoms with van der Waals surface area (Å²) < 4.78 is 6.00. The Kier molecular flexibility index (Phi) is 4.90. The van der Waals surface area contributed by atoms with Gasteiger partial charge in [-0.15, -0.1) is 0 Å². The summed E-state index contributed by atoms with van der Waals surface area (Å²) in [6, 6.07) is 1.27. The van der Waals surface area contributed by atoms with Crippen LogP contribution in [-0.2, 0) is 4.74 Å². The number of anilines is 2. The fourth-order valence-corrected chi connectivity index (χ4v) is 2.63. The highest BCUT2D eigenvalue weighted by Crippen LogP contribution is 2.36. The van der Waals surface area contributed by atoms with Crippen LogP contribution in [0.1, 0.15) is 20.8 Å². The van der Waals surface area contributed by atoms with Gasteiger partial charge in [-0.2, -0.15) is 0 Å². The van der Waals surface area contributed by atoms with E-state index in [0.717, 1.165) is 4.47 Å². The number of nitrogens with zero attached hydrogens (tertiary/aromatic N) is 3. The number of fused-ring (bicyclic) bond motifs is 1. The third-order valence-electron chi connectivity index (χ3n) is 3.21. The van der Waals surface area contributed by atoms with E-state index >= 15 is 0 Å². The Bertz CT molecular complexity index is 593. The predicted molar refractivity (Wildman–Crippen MR) is 87.3 cm³/mol. The number of ether oxygens (including phenoxy) is 1. The number of pyridine rings is 1. The van der Waals surface area contributed by atoms with Crippen molar-refractivity contribution in [2.45, 2.75) is 32.9 Å². The molecule has 0 bridgehead atoms. The van der Waals surface area contributed by atoms with E-state index in [0.29, 0.717) is 18.1 Å². The summed E-state index contributed by atoms with van der Waals surface area (Å²) in [7, 11) is 1.56. The average molecular weight is 371 g/mol. The van der Waals surface area contributed by atoms with Gasteiger partial charge < -0.3 is 10.1 Å². The average Bonchev–Trinajstić information content (AvgIpc) is 2.45. The van der Waals surface area contributed by atoms with Crippen LogP contribution in [0.15, 0.2) is 16.7 Å². The Hall–Kier alpha value is -1.83. The molecule has 1 aromatic heterocycles. The summed E-state index contributed by atoms with van der Waals surface area (Å²) in [5.41, 5.74) is 0.543. The zero-order valence-corrected chi connectivity index (χ0v) is 14.5. The molecule has 1 aliphatic heterocycles. The zero-order valence-electron chi connectivity index (χ0n) is 13.0. The van der Waals surface area contributed by atoms with Gasteiger partial charge >= 0.3 is 12.1 Å². The van der Waals surface area contributed by atoms with Gasteiger partial charge in [0.05, 0.1) is 24.4 Å². The molecule has 3 amide bonds. The molecule has 22 heavy (non-hydrogen) atoms. The van der Waals surface area contributed by atoms with Crippen molar-refractivity contribution in [3.05, 3.63) is 16.7 Å². The Morgan fingerprint density at radius 1 is 1.50 bits per heavy atom. The fourth-order valence-electron chi connectivity index (χ4n) is 2.31. The lowest BCUT2D eigenvalue weighted by Gasteiger charge is -2.39. The lowest BCUT2D eigenvalue weighted by molar-refractivity contribution is 0.122. The van der Waals surface area contributed by atoms with Gasteiger partial charge in [-0.25, -0.2) is 14.6 Å². The van der Waals surface area contributed by atoms with Gasteiger partial charge in [-0.3, -0.25) is 9.80 Å². The van der Waals surface area contributed by atoms with Crippen LogP contribution in [0.5, 0.6) is 0 Å². The van der Waals surface area contributed by atoms with E-state index in [1.165, 1.54) is 4.90 Å². The van der Waals surface area contributed by atoms with Crippen molar-refractivity contribution in [3.8, 4) is 0 Å². The smallest absolute Gasteiger partial charge is 0.414 e. The maximum absolute atomic E-state index is 12.3. The minimum absolute atomic E-state index is 0.219. The number of halogens is 1. The molecule has 1 aliphatic rings. The van der Waals surface area contributed by atoms with Gasteiger partial charge in [0, 0.05) is 17.7 Å². The number of amides is 3. The number of nitrogens with one attached hydrogen (secondary N) is 1. The van der Waals surface area contributed by atoms with E-state index in [-0.39, 0.29) is 18.2 Å². The minimum atomic E-state index is -0.445. The van der Waals surface area contributed by atoms with Crippen molar-refractivity contribution in [3.63, 3.8) is 0 Å². The summed E-state index contributed by atoms with van der Waals surface area (Å²) in [6.07, 6.45) is 0.932. The van der Waals surface area contributed by atoms with Gasteiger partial charge in [0.15, 0.2) is 5.82 Å². The Morgan fingerprint density at radius 3 is 2.77 bits per heavy atom. The topological polar surface area (TPSA) is 74.8 Å². The second-order valence-electron chi connectivity index (χ2n) is 5.31. The van der Waals surface area contributed by atoms with Gasteiger partial charge in [-0.1, -0.05) is 0 Å². The zero-order chi connectivity index (χ0) is 16.4. The molecule has 2 heterocycles. The molecule has 120 valence electrons. The van der Waals surface area contributed by atoms with Crippen LogP contribution in [0.3, 0.4) is 0 Å². The van der Waals surface area contributed by atoms with Gasteiger partial charge in [0.2, 0.25) is 0 Å². The van der Waals surface area contributed by atoms with Crippen molar-refractivity contribution >= 4 is 39.6 Å². The van der Waals surface area contributed by atoms with Crippen LogP contribution < -0.4 is 15.1 Å². The molecule has 0 aromatic carbocycles. The number of hydrogen-bond donors (Lipinski definition) is 1. The largest absolute Gasteiger partial charge is 0.446 e. The fraction of sp³-hybridized carbons (Fsp3) is 0.500. The predicted octanol–water partition coefficient (Wildman–Crippen LogP) is 2.74. The van der Waals surface area contributed by atoms with Crippen molar-refractivity contribution in [2.24, 2.45) is 0 Å². The maximum Gasteiger partial charge on any atom is 0.414 e. The highest BCUT2D eigenvalue weighted by atomic mass is 79.9. The SMILES string of the molecule is CNC(=O)N1c2ncc(Br)cc2N(C(=O)OC(C)C)CC1C. The molecular weight excluding hydrogens is 352 g/mol. The molecule has 0 saturated carbocycles. The normalized spacial score (nSPS) is 17.3. The van der Waals surface area contributed by atoms with Crippen molar-refractivity contribution in [1.29, 1.82) is 0 Å². The lowest BCUT2D eigenvalue weighted by atomic mass is 10.1. The third-order valence-corrected chi connectivity index (χ3v) is 3.64. The molecular formula is C14H19BrN4O3. The Labute approximate surface area is 137 Å². The lowest BCUT2D eigenvalue weighted by Crippen LogP contribution is -2.54. The first-order chi connectivity index (χ1) is 10.3. The number of hydrogen-bond acceptors (Lipinski definition) is 4. The second-order valence-corrected chi connectivity index (χ2v) is 6.23. The molecule has 0 aliphatic carbocycles. The summed E-state index contributed by atoms with van der Waals surface area (Å²) >= 11 is 3.35. The molecule has 0 spiro atoms. The van der Waals surface area contributed by atoms with E-state index < -0.39 is 6.09 Å². The number of carbonyl (C=O) groups is 2. The number of aromatic nitrogens is 1. The first kappa shape index (κ1) is 16.5. The van der Waals surface area contributed by atoms with E-state index in [4.69, 9.17) is 4.74 Å². The van der Waals surface area contributed by atoms with Crippen LogP contribution in [0, 0.1) is 0 Å². The maximum atomic E-state index is 12.3. The van der Waals surface area contributed by atoms with Crippen LogP contribution in [0.25, 0.3) is 0 Å². The molecule has 7 nitrogen and oxygen atoms in total. The van der Waals surface area contributed by atoms with Crippen molar-refractivity contribution < 1.29 is 14.3 Å². The van der Waals surface area contributed by atoms with Gasteiger partial charge in [0.1, 0.15) is 0 Å².